The third-order valence-corrected chi connectivity index (χ3v) is 3.96. The maximum absolute atomic E-state index is 12.3. The van der Waals surface area contributed by atoms with E-state index in [1.54, 1.807) is 12.1 Å². The fraction of sp³-hybridized carbons (Fsp3) is 0.562. The maximum Gasteiger partial charge on any atom is 0.251 e. The molecular formula is C16H25ClN2O2. The van der Waals surface area contributed by atoms with Gasteiger partial charge < -0.3 is 15.8 Å². The lowest BCUT2D eigenvalue weighted by Crippen LogP contribution is -2.44. The largest absolute Gasteiger partial charge is 0.494 e. The second-order valence-corrected chi connectivity index (χ2v) is 5.32. The number of amides is 1. The Bertz CT molecular complexity index is 436. The van der Waals surface area contributed by atoms with Gasteiger partial charge in [0.2, 0.25) is 0 Å². The van der Waals surface area contributed by atoms with Crippen LogP contribution in [0.3, 0.4) is 0 Å². The van der Waals surface area contributed by atoms with Crippen molar-refractivity contribution in [3.63, 3.8) is 0 Å². The van der Waals surface area contributed by atoms with Crippen molar-refractivity contribution in [2.24, 2.45) is 11.7 Å². The molecule has 1 fully saturated rings. The van der Waals surface area contributed by atoms with Gasteiger partial charge in [-0.2, -0.15) is 0 Å². The molecule has 0 bridgehead atoms. The third kappa shape index (κ3) is 4.90. The van der Waals surface area contributed by atoms with Crippen molar-refractivity contribution < 1.29 is 9.53 Å². The van der Waals surface area contributed by atoms with E-state index in [1.165, 1.54) is 12.8 Å². The van der Waals surface area contributed by atoms with Crippen LogP contribution in [0.25, 0.3) is 0 Å². The molecule has 2 unspecified atom stereocenters. The van der Waals surface area contributed by atoms with Gasteiger partial charge in [-0.15, -0.1) is 12.4 Å². The van der Waals surface area contributed by atoms with E-state index in [2.05, 4.69) is 5.32 Å². The van der Waals surface area contributed by atoms with Gasteiger partial charge in [0.25, 0.3) is 5.91 Å². The average Bonchev–Trinajstić information content (AvgIpc) is 2.49. The highest BCUT2D eigenvalue weighted by Crippen LogP contribution is 2.24. The van der Waals surface area contributed by atoms with Crippen molar-refractivity contribution in [3.8, 4) is 5.75 Å². The number of hydrogen-bond acceptors (Lipinski definition) is 3. The van der Waals surface area contributed by atoms with Crippen molar-refractivity contribution >= 4 is 18.3 Å². The number of carbonyl (C=O) groups excluding carboxylic acids is 1. The summed E-state index contributed by atoms with van der Waals surface area (Å²) >= 11 is 0. The van der Waals surface area contributed by atoms with Crippen LogP contribution >= 0.6 is 12.4 Å². The minimum atomic E-state index is -0.0154. The molecule has 3 N–H and O–H groups in total. The Hall–Kier alpha value is -1.26. The average molecular weight is 313 g/mol. The van der Waals surface area contributed by atoms with E-state index in [4.69, 9.17) is 10.5 Å². The summed E-state index contributed by atoms with van der Waals surface area (Å²) in [6.45, 7) is 3.22. The zero-order valence-electron chi connectivity index (χ0n) is 12.5. The van der Waals surface area contributed by atoms with Crippen molar-refractivity contribution in [1.82, 2.24) is 5.32 Å². The molecule has 2 atom stereocenters. The zero-order chi connectivity index (χ0) is 14.4. The first-order valence-electron chi connectivity index (χ1n) is 7.48. The molecule has 1 aromatic carbocycles. The quantitative estimate of drug-likeness (QED) is 0.878. The molecule has 1 aliphatic rings. The number of benzene rings is 1. The van der Waals surface area contributed by atoms with Crippen molar-refractivity contribution in [2.75, 3.05) is 13.2 Å². The van der Waals surface area contributed by atoms with E-state index in [0.717, 1.165) is 18.6 Å². The van der Waals surface area contributed by atoms with E-state index < -0.39 is 0 Å². The summed E-state index contributed by atoms with van der Waals surface area (Å²) in [6.07, 6.45) is 4.54. The highest BCUT2D eigenvalue weighted by Gasteiger charge is 2.25. The molecule has 5 heteroatoms. The number of hydrogen-bond donors (Lipinski definition) is 2. The van der Waals surface area contributed by atoms with Gasteiger partial charge in [0, 0.05) is 11.6 Å². The van der Waals surface area contributed by atoms with Gasteiger partial charge >= 0.3 is 0 Å². The normalized spacial score (nSPS) is 21.2. The fourth-order valence-electron chi connectivity index (χ4n) is 2.80. The van der Waals surface area contributed by atoms with Gasteiger partial charge in [0.05, 0.1) is 6.61 Å². The summed E-state index contributed by atoms with van der Waals surface area (Å²) in [5, 5.41) is 3.13. The molecule has 1 aromatic rings. The summed E-state index contributed by atoms with van der Waals surface area (Å²) in [5.74, 6) is 1.19. The number of nitrogens with one attached hydrogen (secondary N) is 1. The molecule has 0 spiro atoms. The van der Waals surface area contributed by atoms with Crippen molar-refractivity contribution in [3.05, 3.63) is 29.8 Å². The number of nitrogens with two attached hydrogens (primary N) is 1. The van der Waals surface area contributed by atoms with Crippen LogP contribution in [0.4, 0.5) is 0 Å². The van der Waals surface area contributed by atoms with Gasteiger partial charge in [0.15, 0.2) is 0 Å². The van der Waals surface area contributed by atoms with Crippen LogP contribution < -0.4 is 15.8 Å². The number of halogens is 1. The Labute approximate surface area is 132 Å². The highest BCUT2D eigenvalue weighted by molar-refractivity contribution is 5.94. The van der Waals surface area contributed by atoms with Crippen LogP contribution in [0, 0.1) is 5.92 Å². The first-order valence-corrected chi connectivity index (χ1v) is 7.48. The summed E-state index contributed by atoms with van der Waals surface area (Å²) in [5.41, 5.74) is 6.47. The predicted molar refractivity (Wildman–Crippen MR) is 87.1 cm³/mol. The second kappa shape index (κ2) is 8.90. The molecule has 0 aliphatic heterocycles. The van der Waals surface area contributed by atoms with Crippen LogP contribution in [0.5, 0.6) is 5.75 Å². The minimum absolute atomic E-state index is 0. The topological polar surface area (TPSA) is 64.3 Å². The fourth-order valence-corrected chi connectivity index (χ4v) is 2.80. The van der Waals surface area contributed by atoms with Gasteiger partial charge in [-0.3, -0.25) is 4.79 Å². The van der Waals surface area contributed by atoms with E-state index >= 15 is 0 Å². The van der Waals surface area contributed by atoms with E-state index in [1.807, 2.05) is 19.1 Å². The van der Waals surface area contributed by atoms with Gasteiger partial charge in [-0.1, -0.05) is 12.8 Å². The molecule has 4 nitrogen and oxygen atoms in total. The Kier molecular flexibility index (Phi) is 7.54. The summed E-state index contributed by atoms with van der Waals surface area (Å²) in [4.78, 5) is 12.3. The lowest BCUT2D eigenvalue weighted by atomic mass is 9.84. The Morgan fingerprint density at radius 1 is 1.29 bits per heavy atom. The van der Waals surface area contributed by atoms with Crippen molar-refractivity contribution in [2.45, 2.75) is 38.6 Å². The monoisotopic (exact) mass is 312 g/mol. The zero-order valence-corrected chi connectivity index (χ0v) is 13.3. The molecule has 0 saturated heterocycles. The maximum atomic E-state index is 12.3. The van der Waals surface area contributed by atoms with Gasteiger partial charge in [-0.25, -0.2) is 0 Å². The van der Waals surface area contributed by atoms with Gasteiger partial charge in [0.1, 0.15) is 5.75 Å². The molecule has 1 saturated carbocycles. The third-order valence-electron chi connectivity index (χ3n) is 3.96. The number of rotatable bonds is 5. The summed E-state index contributed by atoms with van der Waals surface area (Å²) < 4.78 is 5.38. The molecule has 0 aromatic heterocycles. The van der Waals surface area contributed by atoms with E-state index in [9.17, 15) is 4.79 Å². The van der Waals surface area contributed by atoms with Crippen LogP contribution in [-0.4, -0.2) is 25.1 Å². The molecule has 118 valence electrons. The van der Waals surface area contributed by atoms with Crippen LogP contribution in [0.2, 0.25) is 0 Å². The smallest absolute Gasteiger partial charge is 0.251 e. The molecule has 2 rings (SSSR count). The second-order valence-electron chi connectivity index (χ2n) is 5.32. The minimum Gasteiger partial charge on any atom is -0.494 e. The van der Waals surface area contributed by atoms with E-state index in [0.29, 0.717) is 24.6 Å². The Balaban J connectivity index is 0.00000220. The lowest BCUT2D eigenvalue weighted by molar-refractivity contribution is 0.0908. The molecule has 1 aliphatic carbocycles. The van der Waals surface area contributed by atoms with Crippen molar-refractivity contribution in [1.29, 1.82) is 0 Å². The molecule has 1 amide bonds. The number of carbonyl (C=O) groups is 1. The first kappa shape index (κ1) is 17.8. The summed E-state index contributed by atoms with van der Waals surface area (Å²) in [7, 11) is 0. The van der Waals surface area contributed by atoms with Crippen LogP contribution in [0.1, 0.15) is 43.0 Å². The molecule has 0 heterocycles. The molecule has 0 radical (unpaired) electrons. The van der Waals surface area contributed by atoms with Gasteiger partial charge in [-0.05, 0) is 56.5 Å². The summed E-state index contributed by atoms with van der Waals surface area (Å²) in [6, 6.07) is 7.49. The Morgan fingerprint density at radius 3 is 2.57 bits per heavy atom. The molecular weight excluding hydrogens is 288 g/mol. The first-order chi connectivity index (χ1) is 9.74. The van der Waals surface area contributed by atoms with E-state index in [-0.39, 0.29) is 24.4 Å². The standard InChI is InChI=1S/C16H24N2O2.ClH/c1-2-20-14-9-7-12(8-10-14)16(19)18-15-6-4-3-5-13(15)11-17;/h7-10,13,15H,2-6,11,17H2,1H3,(H,18,19);1H. The van der Waals surface area contributed by atoms with Crippen LogP contribution in [-0.2, 0) is 0 Å². The molecule has 21 heavy (non-hydrogen) atoms. The SMILES string of the molecule is CCOc1ccc(C(=O)NC2CCCCC2CN)cc1.Cl. The lowest BCUT2D eigenvalue weighted by Gasteiger charge is -2.31. The highest BCUT2D eigenvalue weighted by atomic mass is 35.5. The Morgan fingerprint density at radius 2 is 1.95 bits per heavy atom. The van der Waals surface area contributed by atoms with Crippen LogP contribution in [0.15, 0.2) is 24.3 Å². The number of ether oxygens (including phenoxy) is 1. The predicted octanol–water partition coefficient (Wildman–Crippen LogP) is 2.75.